The minimum atomic E-state index is 0.400. The first-order valence-electron chi connectivity index (χ1n) is 5.20. The molecule has 1 aromatic heterocycles. The van der Waals surface area contributed by atoms with Crippen LogP contribution in [0.15, 0.2) is 12.1 Å². The fourth-order valence-corrected chi connectivity index (χ4v) is 1.32. The minimum absolute atomic E-state index is 0.400. The van der Waals surface area contributed by atoms with E-state index in [1.165, 1.54) is 0 Å². The van der Waals surface area contributed by atoms with Crippen molar-refractivity contribution in [3.8, 4) is 5.88 Å². The number of anilines is 2. The average molecular weight is 225 g/mol. The lowest BCUT2D eigenvalue weighted by Crippen LogP contribution is -2.17. The number of nitrogens with zero attached hydrogens (tertiary/aromatic N) is 1. The van der Waals surface area contributed by atoms with Gasteiger partial charge in [0.25, 0.3) is 0 Å². The molecule has 1 unspecified atom stereocenters. The maximum atomic E-state index is 5.79. The van der Waals surface area contributed by atoms with E-state index in [1.807, 2.05) is 0 Å². The van der Waals surface area contributed by atoms with Crippen LogP contribution in [0.4, 0.5) is 11.5 Å². The van der Waals surface area contributed by atoms with Crippen LogP contribution in [0.3, 0.4) is 0 Å². The normalized spacial score (nSPS) is 12.2. The lowest BCUT2D eigenvalue weighted by atomic mass is 10.2. The molecule has 0 radical (unpaired) electrons. The highest BCUT2D eigenvalue weighted by atomic mass is 16.5. The van der Waals surface area contributed by atoms with Crippen molar-refractivity contribution in [2.24, 2.45) is 5.92 Å². The second kappa shape index (κ2) is 6.17. The summed E-state index contributed by atoms with van der Waals surface area (Å²) < 4.78 is 10.1. The molecule has 0 saturated carbocycles. The molecule has 0 aliphatic heterocycles. The summed E-state index contributed by atoms with van der Waals surface area (Å²) in [5.74, 6) is 1.61. The first-order valence-corrected chi connectivity index (χ1v) is 5.20. The van der Waals surface area contributed by atoms with Crippen LogP contribution >= 0.6 is 0 Å². The maximum Gasteiger partial charge on any atom is 0.215 e. The van der Waals surface area contributed by atoms with Crippen LogP contribution in [-0.2, 0) is 4.74 Å². The van der Waals surface area contributed by atoms with Gasteiger partial charge in [-0.3, -0.25) is 0 Å². The topological polar surface area (TPSA) is 69.4 Å². The zero-order valence-electron chi connectivity index (χ0n) is 9.99. The molecule has 0 saturated heterocycles. The van der Waals surface area contributed by atoms with Crippen LogP contribution < -0.4 is 15.8 Å². The largest absolute Gasteiger partial charge is 0.481 e. The van der Waals surface area contributed by atoms with Crippen molar-refractivity contribution in [3.05, 3.63) is 12.1 Å². The molecule has 0 amide bonds. The molecule has 5 nitrogen and oxygen atoms in total. The Labute approximate surface area is 96.0 Å². The molecule has 0 aliphatic carbocycles. The molecular weight excluding hydrogens is 206 g/mol. The van der Waals surface area contributed by atoms with Gasteiger partial charge in [-0.25, -0.2) is 0 Å². The van der Waals surface area contributed by atoms with Crippen molar-refractivity contribution >= 4 is 11.5 Å². The second-order valence-corrected chi connectivity index (χ2v) is 3.73. The molecule has 0 aliphatic rings. The van der Waals surface area contributed by atoms with Crippen LogP contribution in [-0.4, -0.2) is 32.4 Å². The Balaban J connectivity index is 2.58. The van der Waals surface area contributed by atoms with E-state index in [-0.39, 0.29) is 0 Å². The van der Waals surface area contributed by atoms with E-state index in [0.29, 0.717) is 29.9 Å². The Kier molecular flexibility index (Phi) is 4.85. The molecule has 90 valence electrons. The number of nitrogen functional groups attached to an aromatic ring is 1. The van der Waals surface area contributed by atoms with Gasteiger partial charge in [0.1, 0.15) is 0 Å². The van der Waals surface area contributed by atoms with Crippen molar-refractivity contribution in [2.75, 3.05) is 38.4 Å². The highest BCUT2D eigenvalue weighted by molar-refractivity contribution is 5.61. The minimum Gasteiger partial charge on any atom is -0.481 e. The molecule has 0 spiro atoms. The van der Waals surface area contributed by atoms with Gasteiger partial charge in [-0.1, -0.05) is 6.92 Å². The molecule has 1 heterocycles. The molecular formula is C11H19N3O2. The molecule has 16 heavy (non-hydrogen) atoms. The monoisotopic (exact) mass is 225 g/mol. The number of hydrogen-bond acceptors (Lipinski definition) is 5. The van der Waals surface area contributed by atoms with E-state index < -0.39 is 0 Å². The van der Waals surface area contributed by atoms with Gasteiger partial charge in [0.2, 0.25) is 5.88 Å². The summed E-state index contributed by atoms with van der Waals surface area (Å²) in [4.78, 5) is 4.22. The fourth-order valence-electron chi connectivity index (χ4n) is 1.32. The van der Waals surface area contributed by atoms with E-state index in [2.05, 4.69) is 17.2 Å². The van der Waals surface area contributed by atoms with E-state index in [0.717, 1.165) is 6.54 Å². The Hall–Kier alpha value is -1.49. The first kappa shape index (κ1) is 12.6. The standard InChI is InChI=1S/C11H19N3O2/c1-8(7-15-2)6-13-11-9(12)4-5-10(14-11)16-3/h4-5,8H,6-7,12H2,1-3H3,(H,13,14). The molecule has 0 fully saturated rings. The van der Waals surface area contributed by atoms with Crippen molar-refractivity contribution in [2.45, 2.75) is 6.92 Å². The number of aromatic nitrogens is 1. The molecule has 1 aromatic rings. The van der Waals surface area contributed by atoms with Crippen molar-refractivity contribution < 1.29 is 9.47 Å². The Morgan fingerprint density at radius 3 is 2.81 bits per heavy atom. The molecule has 1 rings (SSSR count). The summed E-state index contributed by atoms with van der Waals surface area (Å²) in [6, 6.07) is 3.51. The quantitative estimate of drug-likeness (QED) is 0.765. The van der Waals surface area contributed by atoms with Crippen molar-refractivity contribution in [3.63, 3.8) is 0 Å². The number of ether oxygens (including phenoxy) is 2. The Bertz CT molecular complexity index is 331. The van der Waals surface area contributed by atoms with Gasteiger partial charge in [-0.2, -0.15) is 4.98 Å². The lowest BCUT2D eigenvalue weighted by molar-refractivity contribution is 0.164. The molecule has 0 aromatic carbocycles. The molecule has 5 heteroatoms. The van der Waals surface area contributed by atoms with Crippen LogP contribution in [0.2, 0.25) is 0 Å². The molecule has 3 N–H and O–H groups in total. The predicted octanol–water partition coefficient (Wildman–Crippen LogP) is 1.37. The van der Waals surface area contributed by atoms with Crippen LogP contribution in [0.1, 0.15) is 6.92 Å². The SMILES string of the molecule is COCC(C)CNc1nc(OC)ccc1N. The van der Waals surface area contributed by atoms with Gasteiger partial charge in [-0.05, 0) is 12.0 Å². The van der Waals surface area contributed by atoms with Gasteiger partial charge in [-0.15, -0.1) is 0 Å². The zero-order valence-corrected chi connectivity index (χ0v) is 9.99. The summed E-state index contributed by atoms with van der Waals surface area (Å²) in [5.41, 5.74) is 6.41. The second-order valence-electron chi connectivity index (χ2n) is 3.73. The van der Waals surface area contributed by atoms with E-state index >= 15 is 0 Å². The van der Waals surface area contributed by atoms with Gasteiger partial charge in [0.15, 0.2) is 5.82 Å². The third-order valence-corrected chi connectivity index (χ3v) is 2.18. The smallest absolute Gasteiger partial charge is 0.215 e. The van der Waals surface area contributed by atoms with Crippen LogP contribution in [0, 0.1) is 5.92 Å². The molecule has 1 atom stereocenters. The zero-order chi connectivity index (χ0) is 12.0. The number of hydrogen-bond donors (Lipinski definition) is 2. The third kappa shape index (κ3) is 3.58. The number of methoxy groups -OCH3 is 2. The number of nitrogens with two attached hydrogens (primary N) is 1. The van der Waals surface area contributed by atoms with Gasteiger partial charge in [0.05, 0.1) is 19.4 Å². The number of pyridine rings is 1. The predicted molar refractivity (Wildman–Crippen MR) is 64.7 cm³/mol. The summed E-state index contributed by atoms with van der Waals surface area (Å²) in [5, 5.41) is 3.18. The van der Waals surface area contributed by atoms with Gasteiger partial charge in [0, 0.05) is 19.7 Å². The van der Waals surface area contributed by atoms with Crippen molar-refractivity contribution in [1.29, 1.82) is 0 Å². The highest BCUT2D eigenvalue weighted by Gasteiger charge is 2.05. The van der Waals surface area contributed by atoms with E-state index in [1.54, 1.807) is 26.4 Å². The van der Waals surface area contributed by atoms with Gasteiger partial charge < -0.3 is 20.5 Å². The van der Waals surface area contributed by atoms with Crippen LogP contribution in [0.5, 0.6) is 5.88 Å². The number of nitrogens with one attached hydrogen (secondary N) is 1. The van der Waals surface area contributed by atoms with Crippen molar-refractivity contribution in [1.82, 2.24) is 4.98 Å². The molecule has 0 bridgehead atoms. The summed E-state index contributed by atoms with van der Waals surface area (Å²) in [7, 11) is 3.27. The first-order chi connectivity index (χ1) is 7.67. The summed E-state index contributed by atoms with van der Waals surface area (Å²) >= 11 is 0. The van der Waals surface area contributed by atoms with E-state index in [4.69, 9.17) is 15.2 Å². The maximum absolute atomic E-state index is 5.79. The highest BCUT2D eigenvalue weighted by Crippen LogP contribution is 2.19. The number of rotatable bonds is 6. The fraction of sp³-hybridized carbons (Fsp3) is 0.545. The third-order valence-electron chi connectivity index (χ3n) is 2.18. The van der Waals surface area contributed by atoms with Crippen LogP contribution in [0.25, 0.3) is 0 Å². The Morgan fingerprint density at radius 2 is 2.19 bits per heavy atom. The summed E-state index contributed by atoms with van der Waals surface area (Å²) in [6.07, 6.45) is 0. The Morgan fingerprint density at radius 1 is 1.44 bits per heavy atom. The lowest BCUT2D eigenvalue weighted by Gasteiger charge is -2.13. The van der Waals surface area contributed by atoms with Gasteiger partial charge >= 0.3 is 0 Å². The summed E-state index contributed by atoms with van der Waals surface area (Å²) in [6.45, 7) is 3.56. The van der Waals surface area contributed by atoms with E-state index in [9.17, 15) is 0 Å². The average Bonchev–Trinajstić information content (AvgIpc) is 2.28.